The van der Waals surface area contributed by atoms with Crippen LogP contribution in [0, 0.1) is 5.82 Å². The van der Waals surface area contributed by atoms with Crippen LogP contribution in [0.3, 0.4) is 0 Å². The first kappa shape index (κ1) is 15.1. The van der Waals surface area contributed by atoms with Crippen molar-refractivity contribution in [1.29, 1.82) is 0 Å². The van der Waals surface area contributed by atoms with Crippen molar-refractivity contribution in [3.8, 4) is 5.75 Å². The van der Waals surface area contributed by atoms with E-state index >= 15 is 0 Å². The van der Waals surface area contributed by atoms with Crippen molar-refractivity contribution in [3.63, 3.8) is 0 Å². The van der Waals surface area contributed by atoms with Gasteiger partial charge in [-0.05, 0) is 25.0 Å². The van der Waals surface area contributed by atoms with E-state index < -0.39 is 5.82 Å². The lowest BCUT2D eigenvalue weighted by atomic mass is 10.2. The van der Waals surface area contributed by atoms with Crippen molar-refractivity contribution in [2.24, 2.45) is 0 Å². The smallest absolute Gasteiger partial charge is 0.249 e. The lowest BCUT2D eigenvalue weighted by molar-refractivity contribution is 0.271. The van der Waals surface area contributed by atoms with Crippen molar-refractivity contribution in [2.75, 3.05) is 11.4 Å². The summed E-state index contributed by atoms with van der Waals surface area (Å²) in [4.78, 5) is 10.9. The van der Waals surface area contributed by atoms with E-state index in [2.05, 4.69) is 20.0 Å². The Morgan fingerprint density at radius 2 is 2.29 bits per heavy atom. The first-order chi connectivity index (χ1) is 11.8. The Kier molecular flexibility index (Phi) is 4.12. The molecule has 3 heterocycles. The van der Waals surface area contributed by atoms with Gasteiger partial charge in [0.05, 0.1) is 0 Å². The van der Waals surface area contributed by atoms with Crippen LogP contribution in [-0.4, -0.2) is 21.7 Å². The second kappa shape index (κ2) is 6.56. The van der Waals surface area contributed by atoms with Crippen LogP contribution in [0.15, 0.2) is 40.4 Å². The molecule has 8 heteroatoms. The molecule has 1 saturated heterocycles. The predicted octanol–water partition coefficient (Wildman–Crippen LogP) is 3.59. The highest BCUT2D eigenvalue weighted by molar-refractivity contribution is 7.13. The molecule has 6 nitrogen and oxygen atoms in total. The molecule has 1 aromatic carbocycles. The van der Waals surface area contributed by atoms with Crippen LogP contribution in [0.5, 0.6) is 5.75 Å². The topological polar surface area (TPSA) is 64.3 Å². The minimum atomic E-state index is -0.410. The third kappa shape index (κ3) is 2.96. The molecular weight excluding hydrogens is 331 g/mol. The number of halogens is 1. The number of hydrogen-bond donors (Lipinski definition) is 0. The lowest BCUT2D eigenvalue weighted by Gasteiger charge is -2.20. The van der Waals surface area contributed by atoms with Crippen LogP contribution in [0.25, 0.3) is 0 Å². The number of nitrogens with zero attached hydrogens (tertiary/aromatic N) is 4. The van der Waals surface area contributed by atoms with Gasteiger partial charge in [-0.15, -0.1) is 11.3 Å². The predicted molar refractivity (Wildman–Crippen MR) is 86.5 cm³/mol. The Balaban J connectivity index is 1.46. The monoisotopic (exact) mass is 346 g/mol. The second-order valence-corrected chi connectivity index (χ2v) is 6.31. The summed E-state index contributed by atoms with van der Waals surface area (Å²) in [5.41, 5.74) is 0. The van der Waals surface area contributed by atoms with E-state index in [1.165, 1.54) is 6.07 Å². The van der Waals surface area contributed by atoms with Crippen LogP contribution in [0.4, 0.5) is 9.52 Å². The van der Waals surface area contributed by atoms with Gasteiger partial charge in [-0.1, -0.05) is 17.3 Å². The highest BCUT2D eigenvalue weighted by Crippen LogP contribution is 2.36. The summed E-state index contributed by atoms with van der Waals surface area (Å²) >= 11 is 1.59. The molecule has 24 heavy (non-hydrogen) atoms. The number of ether oxygens (including phenoxy) is 1. The summed E-state index contributed by atoms with van der Waals surface area (Å²) in [6.07, 6.45) is 3.78. The molecule has 0 radical (unpaired) electrons. The van der Waals surface area contributed by atoms with Crippen molar-refractivity contribution in [3.05, 3.63) is 53.4 Å². The highest BCUT2D eigenvalue weighted by atomic mass is 32.1. The fourth-order valence-electron chi connectivity index (χ4n) is 2.78. The van der Waals surface area contributed by atoms with E-state index in [0.717, 1.165) is 24.5 Å². The van der Waals surface area contributed by atoms with Crippen molar-refractivity contribution < 1.29 is 13.7 Å². The molecule has 1 aliphatic heterocycles. The molecule has 4 rings (SSSR count). The Bertz CT molecular complexity index is 808. The molecule has 0 bridgehead atoms. The van der Waals surface area contributed by atoms with Gasteiger partial charge in [0.1, 0.15) is 6.04 Å². The standard InChI is InChI=1S/C16H15FN4O2S/c17-11-4-1-2-6-13(11)22-10-14-19-15(23-20-14)12-5-3-8-21(12)16-18-7-9-24-16/h1-2,4,6-7,9,12H,3,5,8,10H2/t12-/m0/s1. The third-order valence-electron chi connectivity index (χ3n) is 3.88. The zero-order valence-electron chi connectivity index (χ0n) is 12.8. The van der Waals surface area contributed by atoms with Gasteiger partial charge in [-0.25, -0.2) is 9.37 Å². The van der Waals surface area contributed by atoms with Crippen LogP contribution in [0.2, 0.25) is 0 Å². The molecule has 3 aromatic rings. The van der Waals surface area contributed by atoms with Crippen molar-refractivity contribution >= 4 is 16.5 Å². The summed E-state index contributed by atoms with van der Waals surface area (Å²) < 4.78 is 24.4. The van der Waals surface area contributed by atoms with Gasteiger partial charge in [0.2, 0.25) is 11.7 Å². The Morgan fingerprint density at radius 1 is 1.38 bits per heavy atom. The van der Waals surface area contributed by atoms with Crippen LogP contribution < -0.4 is 9.64 Å². The molecule has 1 atom stereocenters. The van der Waals surface area contributed by atoms with Crippen LogP contribution >= 0.6 is 11.3 Å². The van der Waals surface area contributed by atoms with E-state index in [0.29, 0.717) is 11.7 Å². The molecular formula is C16H15FN4O2S. The largest absolute Gasteiger partial charge is 0.482 e. The fourth-order valence-corrected chi connectivity index (χ4v) is 3.49. The summed E-state index contributed by atoms with van der Waals surface area (Å²) in [5.74, 6) is 0.718. The van der Waals surface area contributed by atoms with Gasteiger partial charge >= 0.3 is 0 Å². The summed E-state index contributed by atoms with van der Waals surface area (Å²) in [5, 5.41) is 6.85. The maximum absolute atomic E-state index is 13.5. The average molecular weight is 346 g/mol. The molecule has 0 amide bonds. The molecule has 0 unspecified atom stereocenters. The van der Waals surface area contributed by atoms with E-state index in [1.807, 2.05) is 5.38 Å². The van der Waals surface area contributed by atoms with E-state index in [-0.39, 0.29) is 18.4 Å². The third-order valence-corrected chi connectivity index (χ3v) is 4.69. The Hall–Kier alpha value is -2.48. The summed E-state index contributed by atoms with van der Waals surface area (Å²) in [6, 6.07) is 6.27. The van der Waals surface area contributed by atoms with Crippen molar-refractivity contribution in [1.82, 2.24) is 15.1 Å². The second-order valence-electron chi connectivity index (χ2n) is 5.43. The van der Waals surface area contributed by atoms with Gasteiger partial charge in [0.25, 0.3) is 0 Å². The zero-order valence-corrected chi connectivity index (χ0v) is 13.6. The van der Waals surface area contributed by atoms with Gasteiger partial charge < -0.3 is 14.2 Å². The van der Waals surface area contributed by atoms with E-state index in [1.54, 1.807) is 35.7 Å². The first-order valence-electron chi connectivity index (χ1n) is 7.67. The zero-order chi connectivity index (χ0) is 16.4. The van der Waals surface area contributed by atoms with Gasteiger partial charge in [-0.2, -0.15) is 4.98 Å². The normalized spacial score (nSPS) is 17.4. The van der Waals surface area contributed by atoms with Crippen LogP contribution in [-0.2, 0) is 6.61 Å². The molecule has 0 saturated carbocycles. The van der Waals surface area contributed by atoms with E-state index in [4.69, 9.17) is 9.26 Å². The molecule has 1 fully saturated rings. The average Bonchev–Trinajstić information content (AvgIpc) is 3.33. The SMILES string of the molecule is Fc1ccccc1OCc1noc([C@@H]2CCCN2c2nccs2)n1. The number of rotatable bonds is 5. The number of anilines is 1. The number of hydrogen-bond acceptors (Lipinski definition) is 7. The minimum absolute atomic E-state index is 0.0332. The maximum atomic E-state index is 13.5. The first-order valence-corrected chi connectivity index (χ1v) is 8.55. The van der Waals surface area contributed by atoms with Gasteiger partial charge in [0.15, 0.2) is 23.3 Å². The molecule has 2 aromatic heterocycles. The summed E-state index contributed by atoms with van der Waals surface area (Å²) in [6.45, 7) is 0.982. The van der Waals surface area contributed by atoms with Gasteiger partial charge in [0, 0.05) is 18.1 Å². The Morgan fingerprint density at radius 3 is 3.12 bits per heavy atom. The highest BCUT2D eigenvalue weighted by Gasteiger charge is 2.32. The lowest BCUT2D eigenvalue weighted by Crippen LogP contribution is -2.22. The molecule has 0 N–H and O–H groups in total. The molecule has 124 valence electrons. The van der Waals surface area contributed by atoms with Gasteiger partial charge in [-0.3, -0.25) is 0 Å². The van der Waals surface area contributed by atoms with Crippen molar-refractivity contribution in [2.45, 2.75) is 25.5 Å². The Labute approximate surface area is 141 Å². The van der Waals surface area contributed by atoms with Crippen LogP contribution in [0.1, 0.15) is 30.6 Å². The minimum Gasteiger partial charge on any atom is -0.482 e. The molecule has 0 spiro atoms. The fraction of sp³-hybridized carbons (Fsp3) is 0.312. The quantitative estimate of drug-likeness (QED) is 0.703. The summed E-state index contributed by atoms with van der Waals surface area (Å²) in [7, 11) is 0. The molecule has 0 aliphatic carbocycles. The van der Waals surface area contributed by atoms with E-state index in [9.17, 15) is 4.39 Å². The molecule has 1 aliphatic rings. The number of para-hydroxylation sites is 1. The maximum Gasteiger partial charge on any atom is 0.249 e. The number of thiazole rings is 1. The number of benzene rings is 1. The number of aromatic nitrogens is 3.